The van der Waals surface area contributed by atoms with Gasteiger partial charge < -0.3 is 15.0 Å². The fourth-order valence-corrected chi connectivity index (χ4v) is 3.82. The van der Waals surface area contributed by atoms with Crippen molar-refractivity contribution in [2.24, 2.45) is 11.3 Å². The van der Waals surface area contributed by atoms with Crippen LogP contribution >= 0.6 is 0 Å². The first-order valence-electron chi connectivity index (χ1n) is 8.69. The molecule has 2 aromatic rings. The molecule has 2 amide bonds. The molecule has 0 radical (unpaired) electrons. The van der Waals surface area contributed by atoms with Gasteiger partial charge >= 0.3 is 0 Å². The van der Waals surface area contributed by atoms with Gasteiger partial charge in [0.05, 0.1) is 23.8 Å². The maximum atomic E-state index is 12.7. The number of carbonyl (C=O) groups excluding carboxylic acids is 2. The highest BCUT2D eigenvalue weighted by Gasteiger charge is 2.55. The molecule has 0 aromatic carbocycles. The molecule has 2 fully saturated rings. The van der Waals surface area contributed by atoms with Crippen molar-refractivity contribution in [3.05, 3.63) is 54.6 Å². The summed E-state index contributed by atoms with van der Waals surface area (Å²) in [6.07, 6.45) is 7.19. The van der Waals surface area contributed by atoms with Crippen LogP contribution in [0.5, 0.6) is 5.75 Å². The number of pyridine rings is 2. The molecule has 0 unspecified atom stereocenters. The Labute approximate surface area is 151 Å². The second-order valence-corrected chi connectivity index (χ2v) is 6.78. The van der Waals surface area contributed by atoms with Gasteiger partial charge in [0.15, 0.2) is 0 Å². The molecule has 7 heteroatoms. The molecule has 2 atom stereocenters. The molecule has 4 rings (SSSR count). The predicted molar refractivity (Wildman–Crippen MR) is 93.4 cm³/mol. The minimum absolute atomic E-state index is 0.0128. The van der Waals surface area contributed by atoms with E-state index < -0.39 is 5.41 Å². The standard InChI is InChI=1S/C19H20N4O3/c24-17(14-3-1-6-20-9-14)23-8-5-19(13-23)15(10-22-18(19)25)12-26-16-4-2-7-21-11-16/h1-4,6-7,9,11,15H,5,8,10,12-13H2,(H,22,25)/t15-,19-/m0/s1. The van der Waals surface area contributed by atoms with Crippen LogP contribution in [0.15, 0.2) is 49.1 Å². The SMILES string of the molecule is O=C(c1cccnc1)N1CC[C@@]2(C1)C(=O)NC[C@H]2COc1cccnc1. The van der Waals surface area contributed by atoms with Crippen molar-refractivity contribution in [3.8, 4) is 5.75 Å². The summed E-state index contributed by atoms with van der Waals surface area (Å²) in [5.41, 5.74) is -0.0359. The number of amides is 2. The highest BCUT2D eigenvalue weighted by atomic mass is 16.5. The molecule has 2 aromatic heterocycles. The van der Waals surface area contributed by atoms with Gasteiger partial charge in [-0.1, -0.05) is 0 Å². The lowest BCUT2D eigenvalue weighted by Crippen LogP contribution is -2.41. The number of ether oxygens (including phenoxy) is 1. The van der Waals surface area contributed by atoms with Gasteiger partial charge in [0.25, 0.3) is 5.91 Å². The van der Waals surface area contributed by atoms with Gasteiger partial charge in [0, 0.05) is 44.1 Å². The van der Waals surface area contributed by atoms with Crippen molar-refractivity contribution in [2.45, 2.75) is 6.42 Å². The number of carbonyl (C=O) groups is 2. The molecule has 0 bridgehead atoms. The molecule has 2 aliphatic heterocycles. The molecule has 134 valence electrons. The first-order chi connectivity index (χ1) is 12.7. The third kappa shape index (κ3) is 2.89. The third-order valence-corrected chi connectivity index (χ3v) is 5.32. The van der Waals surface area contributed by atoms with E-state index in [2.05, 4.69) is 15.3 Å². The summed E-state index contributed by atoms with van der Waals surface area (Å²) >= 11 is 0. The summed E-state index contributed by atoms with van der Waals surface area (Å²) in [4.78, 5) is 35.1. The normalized spacial score (nSPS) is 24.7. The quantitative estimate of drug-likeness (QED) is 0.892. The number of hydrogen-bond acceptors (Lipinski definition) is 5. The van der Waals surface area contributed by atoms with Crippen molar-refractivity contribution < 1.29 is 14.3 Å². The first kappa shape index (κ1) is 16.5. The zero-order valence-corrected chi connectivity index (χ0v) is 14.3. The minimum Gasteiger partial charge on any atom is -0.492 e. The van der Waals surface area contributed by atoms with Gasteiger partial charge in [-0.3, -0.25) is 19.6 Å². The van der Waals surface area contributed by atoms with E-state index in [0.717, 1.165) is 0 Å². The lowest BCUT2D eigenvalue weighted by Gasteiger charge is -2.28. The van der Waals surface area contributed by atoms with Crippen LogP contribution in [0, 0.1) is 11.3 Å². The van der Waals surface area contributed by atoms with E-state index in [-0.39, 0.29) is 17.7 Å². The Morgan fingerprint density at radius 3 is 2.81 bits per heavy atom. The van der Waals surface area contributed by atoms with Crippen molar-refractivity contribution in [1.82, 2.24) is 20.2 Å². The number of hydrogen-bond donors (Lipinski definition) is 1. The maximum Gasteiger partial charge on any atom is 0.255 e. The average Bonchev–Trinajstić information content (AvgIpc) is 3.27. The minimum atomic E-state index is -0.583. The molecule has 2 saturated heterocycles. The van der Waals surface area contributed by atoms with Crippen molar-refractivity contribution in [3.63, 3.8) is 0 Å². The van der Waals surface area contributed by atoms with Gasteiger partial charge in [0.1, 0.15) is 5.75 Å². The van der Waals surface area contributed by atoms with E-state index in [1.54, 1.807) is 41.8 Å². The number of nitrogens with zero attached hydrogens (tertiary/aromatic N) is 3. The Bertz CT molecular complexity index is 799. The topological polar surface area (TPSA) is 84.4 Å². The summed E-state index contributed by atoms with van der Waals surface area (Å²) in [5.74, 6) is 0.630. The first-order valence-corrected chi connectivity index (χ1v) is 8.69. The smallest absolute Gasteiger partial charge is 0.255 e. The fourth-order valence-electron chi connectivity index (χ4n) is 3.82. The van der Waals surface area contributed by atoms with Gasteiger partial charge in [-0.15, -0.1) is 0 Å². The zero-order chi connectivity index (χ0) is 18.0. The highest BCUT2D eigenvalue weighted by Crippen LogP contribution is 2.42. The van der Waals surface area contributed by atoms with Crippen LogP contribution in [0.2, 0.25) is 0 Å². The third-order valence-electron chi connectivity index (χ3n) is 5.32. The second kappa shape index (κ2) is 6.74. The van der Waals surface area contributed by atoms with E-state index in [0.29, 0.717) is 44.0 Å². The zero-order valence-electron chi connectivity index (χ0n) is 14.3. The second-order valence-electron chi connectivity index (χ2n) is 6.78. The summed E-state index contributed by atoms with van der Waals surface area (Å²) in [6.45, 7) is 1.95. The largest absolute Gasteiger partial charge is 0.492 e. The molecule has 26 heavy (non-hydrogen) atoms. The van der Waals surface area contributed by atoms with Gasteiger partial charge in [0.2, 0.25) is 5.91 Å². The highest BCUT2D eigenvalue weighted by molar-refractivity contribution is 5.95. The lowest BCUT2D eigenvalue weighted by molar-refractivity contribution is -0.128. The molecule has 0 aliphatic carbocycles. The van der Waals surface area contributed by atoms with Crippen LogP contribution in [-0.2, 0) is 4.79 Å². The summed E-state index contributed by atoms with van der Waals surface area (Å²) in [7, 11) is 0. The van der Waals surface area contributed by atoms with Crippen LogP contribution in [0.25, 0.3) is 0 Å². The van der Waals surface area contributed by atoms with Crippen LogP contribution in [0.1, 0.15) is 16.8 Å². The molecule has 1 spiro atoms. The number of rotatable bonds is 4. The number of likely N-dealkylation sites (tertiary alicyclic amines) is 1. The van der Waals surface area contributed by atoms with Crippen LogP contribution < -0.4 is 10.1 Å². The van der Waals surface area contributed by atoms with E-state index in [9.17, 15) is 9.59 Å². The Morgan fingerprint density at radius 2 is 2.08 bits per heavy atom. The molecule has 0 saturated carbocycles. The van der Waals surface area contributed by atoms with E-state index in [4.69, 9.17) is 4.74 Å². The predicted octanol–water partition coefficient (Wildman–Crippen LogP) is 1.13. The fraction of sp³-hybridized carbons (Fsp3) is 0.368. The van der Waals surface area contributed by atoms with Crippen molar-refractivity contribution in [2.75, 3.05) is 26.2 Å². The van der Waals surface area contributed by atoms with Crippen LogP contribution in [0.3, 0.4) is 0 Å². The Kier molecular flexibility index (Phi) is 4.28. The van der Waals surface area contributed by atoms with E-state index >= 15 is 0 Å². The van der Waals surface area contributed by atoms with Crippen LogP contribution in [0.4, 0.5) is 0 Å². The molecule has 1 N–H and O–H groups in total. The number of nitrogens with one attached hydrogen (secondary N) is 1. The van der Waals surface area contributed by atoms with Gasteiger partial charge in [-0.25, -0.2) is 0 Å². The lowest BCUT2D eigenvalue weighted by atomic mass is 9.77. The molecule has 7 nitrogen and oxygen atoms in total. The van der Waals surface area contributed by atoms with E-state index in [1.165, 1.54) is 0 Å². The van der Waals surface area contributed by atoms with E-state index in [1.807, 2.05) is 12.1 Å². The molecule has 4 heterocycles. The Hall–Kier alpha value is -2.96. The monoisotopic (exact) mass is 352 g/mol. The van der Waals surface area contributed by atoms with Gasteiger partial charge in [-0.05, 0) is 30.7 Å². The molecular weight excluding hydrogens is 332 g/mol. The summed E-state index contributed by atoms with van der Waals surface area (Å²) in [5, 5.41) is 2.95. The molecular formula is C19H20N4O3. The van der Waals surface area contributed by atoms with Crippen LogP contribution in [-0.4, -0.2) is 52.9 Å². The Morgan fingerprint density at radius 1 is 1.27 bits per heavy atom. The van der Waals surface area contributed by atoms with Gasteiger partial charge in [-0.2, -0.15) is 0 Å². The summed E-state index contributed by atoms with van der Waals surface area (Å²) in [6, 6.07) is 7.15. The van der Waals surface area contributed by atoms with Crippen molar-refractivity contribution in [1.29, 1.82) is 0 Å². The van der Waals surface area contributed by atoms with Crippen molar-refractivity contribution >= 4 is 11.8 Å². The summed E-state index contributed by atoms with van der Waals surface area (Å²) < 4.78 is 5.84. The number of aromatic nitrogens is 2. The molecule has 2 aliphatic rings. The Balaban J connectivity index is 1.47. The average molecular weight is 352 g/mol. The maximum absolute atomic E-state index is 12.7.